The highest BCUT2D eigenvalue weighted by molar-refractivity contribution is 9.10. The molecule has 0 radical (unpaired) electrons. The van der Waals surface area contributed by atoms with Crippen LogP contribution in [0.5, 0.6) is 0 Å². The Morgan fingerprint density at radius 2 is 2.13 bits per heavy atom. The van der Waals surface area contributed by atoms with Gasteiger partial charge in [-0.25, -0.2) is 4.39 Å². The monoisotopic (exact) mass is 271 g/mol. The van der Waals surface area contributed by atoms with Crippen LogP contribution in [0.15, 0.2) is 22.7 Å². The van der Waals surface area contributed by atoms with Crippen molar-refractivity contribution in [1.29, 1.82) is 0 Å². The lowest BCUT2D eigenvalue weighted by Gasteiger charge is -2.06. The molecule has 1 aromatic rings. The molecule has 0 aliphatic heterocycles. The van der Waals surface area contributed by atoms with Gasteiger partial charge >= 0.3 is 0 Å². The Labute approximate surface area is 98.0 Å². The molecule has 1 saturated carbocycles. The normalized spacial score (nSPS) is 27.8. The molecular weight excluding hydrogens is 257 g/mol. The lowest BCUT2D eigenvalue weighted by molar-refractivity contribution is 0.557. The molecule has 0 amide bonds. The summed E-state index contributed by atoms with van der Waals surface area (Å²) in [5.74, 6) is 0.661. The fourth-order valence-electron chi connectivity index (χ4n) is 2.56. The first-order chi connectivity index (χ1) is 7.00. The van der Waals surface area contributed by atoms with Crippen LogP contribution in [0.2, 0.25) is 0 Å². The van der Waals surface area contributed by atoms with Gasteiger partial charge in [0.15, 0.2) is 0 Å². The van der Waals surface area contributed by atoms with Crippen molar-refractivity contribution in [1.82, 2.24) is 0 Å². The zero-order valence-electron chi connectivity index (χ0n) is 8.93. The van der Waals surface area contributed by atoms with Crippen LogP contribution in [-0.2, 0) is 0 Å². The lowest BCUT2D eigenvalue weighted by atomic mass is 10.0. The van der Waals surface area contributed by atoms with Gasteiger partial charge in [0.2, 0.25) is 0 Å². The summed E-state index contributed by atoms with van der Waals surface area (Å²) in [5, 5.41) is 0. The van der Waals surface area contributed by atoms with Gasteiger partial charge in [-0.3, -0.25) is 0 Å². The fourth-order valence-corrected chi connectivity index (χ4v) is 3.07. The van der Waals surface area contributed by atoms with E-state index in [4.69, 9.17) is 5.73 Å². The average Bonchev–Trinajstić information content (AvgIpc) is 2.73. The van der Waals surface area contributed by atoms with Crippen molar-refractivity contribution in [2.24, 2.45) is 17.1 Å². The highest BCUT2D eigenvalue weighted by atomic mass is 79.9. The Morgan fingerprint density at radius 1 is 1.47 bits per heavy atom. The lowest BCUT2D eigenvalue weighted by Crippen LogP contribution is -2.05. The summed E-state index contributed by atoms with van der Waals surface area (Å²) in [5.41, 5.74) is 6.97. The van der Waals surface area contributed by atoms with Crippen molar-refractivity contribution in [3.05, 3.63) is 34.1 Å². The zero-order valence-corrected chi connectivity index (χ0v) is 10.5. The van der Waals surface area contributed by atoms with Crippen LogP contribution < -0.4 is 5.73 Å². The summed E-state index contributed by atoms with van der Waals surface area (Å²) in [7, 11) is 0. The highest BCUT2D eigenvalue weighted by Gasteiger charge is 2.57. The van der Waals surface area contributed by atoms with Crippen LogP contribution in [-0.4, -0.2) is 6.54 Å². The van der Waals surface area contributed by atoms with Crippen LogP contribution in [0.3, 0.4) is 0 Å². The minimum absolute atomic E-state index is 0.189. The Hall–Kier alpha value is -0.410. The maximum atomic E-state index is 13.4. The van der Waals surface area contributed by atoms with Gasteiger partial charge in [-0.2, -0.15) is 0 Å². The predicted molar refractivity (Wildman–Crippen MR) is 63.2 cm³/mol. The van der Waals surface area contributed by atoms with Gasteiger partial charge in [0, 0.05) is 0 Å². The molecule has 0 heterocycles. The van der Waals surface area contributed by atoms with Crippen molar-refractivity contribution in [2.45, 2.75) is 19.8 Å². The third-order valence-corrected chi connectivity index (χ3v) is 4.46. The van der Waals surface area contributed by atoms with E-state index in [9.17, 15) is 4.39 Å². The Bertz CT molecular complexity index is 389. The second kappa shape index (κ2) is 3.56. The topological polar surface area (TPSA) is 26.0 Å². The molecule has 2 unspecified atom stereocenters. The van der Waals surface area contributed by atoms with Crippen LogP contribution in [0.4, 0.5) is 4.39 Å². The third kappa shape index (κ3) is 1.62. The molecule has 2 rings (SSSR count). The molecule has 0 bridgehead atoms. The van der Waals surface area contributed by atoms with Crippen molar-refractivity contribution in [3.63, 3.8) is 0 Å². The molecule has 1 aliphatic rings. The van der Waals surface area contributed by atoms with Crippen molar-refractivity contribution >= 4 is 15.9 Å². The number of halogens is 2. The van der Waals surface area contributed by atoms with Gasteiger partial charge in [0.1, 0.15) is 5.82 Å². The van der Waals surface area contributed by atoms with Crippen molar-refractivity contribution in [3.8, 4) is 0 Å². The summed E-state index contributed by atoms with van der Waals surface area (Å²) < 4.78 is 14.0. The number of nitrogens with two attached hydrogens (primary N) is 1. The minimum Gasteiger partial charge on any atom is -0.330 e. The van der Waals surface area contributed by atoms with Crippen LogP contribution in [0, 0.1) is 17.2 Å². The Balaban J connectivity index is 2.37. The molecule has 0 aromatic heterocycles. The standard InChI is InChI=1S/C12H15BrFN/c1-12(2)8(6-15)10(12)7-4-3-5-9(14)11(7)13/h3-5,8,10H,6,15H2,1-2H3. The second-order valence-electron chi connectivity index (χ2n) is 4.78. The zero-order chi connectivity index (χ0) is 11.2. The van der Waals surface area contributed by atoms with E-state index in [2.05, 4.69) is 29.8 Å². The molecule has 3 heteroatoms. The van der Waals surface area contributed by atoms with E-state index in [0.717, 1.165) is 5.56 Å². The van der Waals surface area contributed by atoms with E-state index in [1.807, 2.05) is 6.07 Å². The number of hydrogen-bond donors (Lipinski definition) is 1. The van der Waals surface area contributed by atoms with Crippen molar-refractivity contribution < 1.29 is 4.39 Å². The maximum Gasteiger partial charge on any atom is 0.137 e. The molecule has 1 aromatic carbocycles. The first-order valence-electron chi connectivity index (χ1n) is 5.14. The maximum absolute atomic E-state index is 13.4. The minimum atomic E-state index is -0.189. The summed E-state index contributed by atoms with van der Waals surface area (Å²) in [6, 6.07) is 5.22. The molecule has 15 heavy (non-hydrogen) atoms. The van der Waals surface area contributed by atoms with Crippen LogP contribution in [0.25, 0.3) is 0 Å². The van der Waals surface area contributed by atoms with Gasteiger partial charge in [0.25, 0.3) is 0 Å². The van der Waals surface area contributed by atoms with E-state index in [0.29, 0.717) is 22.9 Å². The molecule has 1 fully saturated rings. The molecule has 1 aliphatic carbocycles. The second-order valence-corrected chi connectivity index (χ2v) is 5.58. The van der Waals surface area contributed by atoms with Crippen LogP contribution >= 0.6 is 15.9 Å². The number of rotatable bonds is 2. The summed E-state index contributed by atoms with van der Waals surface area (Å²) in [6.07, 6.45) is 0. The fraction of sp³-hybridized carbons (Fsp3) is 0.500. The third-order valence-electron chi connectivity index (χ3n) is 3.62. The molecule has 0 saturated heterocycles. The van der Waals surface area contributed by atoms with E-state index in [-0.39, 0.29) is 11.2 Å². The van der Waals surface area contributed by atoms with E-state index in [1.54, 1.807) is 6.07 Å². The first-order valence-corrected chi connectivity index (χ1v) is 5.93. The first kappa shape index (κ1) is 11.1. The van der Waals surface area contributed by atoms with Gasteiger partial charge in [-0.1, -0.05) is 26.0 Å². The molecule has 1 nitrogen and oxygen atoms in total. The summed E-state index contributed by atoms with van der Waals surface area (Å²) in [4.78, 5) is 0. The van der Waals surface area contributed by atoms with E-state index in [1.165, 1.54) is 6.07 Å². The quantitative estimate of drug-likeness (QED) is 0.878. The summed E-state index contributed by atoms with van der Waals surface area (Å²) in [6.45, 7) is 5.04. The molecule has 2 atom stereocenters. The van der Waals surface area contributed by atoms with Crippen molar-refractivity contribution in [2.75, 3.05) is 6.54 Å². The van der Waals surface area contributed by atoms with Crippen LogP contribution in [0.1, 0.15) is 25.3 Å². The molecule has 0 spiro atoms. The van der Waals surface area contributed by atoms with Gasteiger partial charge < -0.3 is 5.73 Å². The predicted octanol–water partition coefficient (Wildman–Crippen LogP) is 3.29. The Kier molecular flexibility index (Phi) is 2.63. The molecular formula is C12H15BrFN. The smallest absolute Gasteiger partial charge is 0.137 e. The number of hydrogen-bond acceptors (Lipinski definition) is 1. The molecule has 2 N–H and O–H groups in total. The van der Waals surface area contributed by atoms with Gasteiger partial charge in [-0.15, -0.1) is 0 Å². The largest absolute Gasteiger partial charge is 0.330 e. The van der Waals surface area contributed by atoms with Gasteiger partial charge in [-0.05, 0) is 51.4 Å². The molecule has 82 valence electrons. The summed E-state index contributed by atoms with van der Waals surface area (Å²) >= 11 is 3.31. The van der Waals surface area contributed by atoms with E-state index >= 15 is 0 Å². The SMILES string of the molecule is CC1(C)C(CN)C1c1cccc(F)c1Br. The Morgan fingerprint density at radius 3 is 2.67 bits per heavy atom. The van der Waals surface area contributed by atoms with Gasteiger partial charge in [0.05, 0.1) is 4.47 Å². The average molecular weight is 272 g/mol. The van der Waals surface area contributed by atoms with E-state index < -0.39 is 0 Å². The number of benzene rings is 1. The highest BCUT2D eigenvalue weighted by Crippen LogP contribution is 2.64.